The lowest BCUT2D eigenvalue weighted by Gasteiger charge is -2.31. The van der Waals surface area contributed by atoms with Crippen molar-refractivity contribution in [2.24, 2.45) is 4.99 Å². The Kier molecular flexibility index (Phi) is 3.71. The first-order valence-electron chi connectivity index (χ1n) is 5.46. The molecule has 1 N–H and O–H groups in total. The van der Waals surface area contributed by atoms with Gasteiger partial charge in [0.15, 0.2) is 10.9 Å². The second-order valence-electron chi connectivity index (χ2n) is 4.40. The summed E-state index contributed by atoms with van der Waals surface area (Å²) in [6.45, 7) is 0. The van der Waals surface area contributed by atoms with Gasteiger partial charge in [-0.3, -0.25) is 4.99 Å². The van der Waals surface area contributed by atoms with Crippen LogP contribution in [0.3, 0.4) is 0 Å². The van der Waals surface area contributed by atoms with Crippen molar-refractivity contribution < 1.29 is 5.11 Å². The van der Waals surface area contributed by atoms with Crippen LogP contribution >= 0.6 is 40.3 Å². The maximum absolute atomic E-state index is 10.9. The van der Waals surface area contributed by atoms with Gasteiger partial charge in [0.05, 0.1) is 5.25 Å². The third kappa shape index (κ3) is 1.72. The molecule has 1 aromatic carbocycles. The predicted molar refractivity (Wildman–Crippen MR) is 81.9 cm³/mol. The SMILES string of the molecule is Br.C/N=C1\SC2Cc3cc(Cl)ccc3C2(O)N1C. The summed E-state index contributed by atoms with van der Waals surface area (Å²) in [6, 6.07) is 5.71. The van der Waals surface area contributed by atoms with Crippen LogP contribution in [-0.2, 0) is 12.1 Å². The number of hydrogen-bond donors (Lipinski definition) is 1. The van der Waals surface area contributed by atoms with E-state index < -0.39 is 5.72 Å². The maximum Gasteiger partial charge on any atom is 0.178 e. The summed E-state index contributed by atoms with van der Waals surface area (Å²) in [7, 11) is 3.64. The first-order valence-corrected chi connectivity index (χ1v) is 6.71. The summed E-state index contributed by atoms with van der Waals surface area (Å²) in [4.78, 5) is 6.07. The van der Waals surface area contributed by atoms with E-state index in [1.54, 1.807) is 18.8 Å². The van der Waals surface area contributed by atoms with Crippen LogP contribution < -0.4 is 0 Å². The number of aliphatic imine (C=N–C) groups is 1. The predicted octanol–water partition coefficient (Wildman–Crippen LogP) is 2.65. The molecule has 1 aromatic rings. The van der Waals surface area contributed by atoms with Gasteiger partial charge >= 0.3 is 0 Å². The number of benzene rings is 1. The van der Waals surface area contributed by atoms with E-state index in [2.05, 4.69) is 4.99 Å². The van der Waals surface area contributed by atoms with Crippen molar-refractivity contribution >= 4 is 45.5 Å². The smallest absolute Gasteiger partial charge is 0.178 e. The van der Waals surface area contributed by atoms with Gasteiger partial charge in [-0.1, -0.05) is 29.4 Å². The summed E-state index contributed by atoms with van der Waals surface area (Å²) >= 11 is 7.63. The van der Waals surface area contributed by atoms with E-state index in [-0.39, 0.29) is 22.2 Å². The van der Waals surface area contributed by atoms with Crippen molar-refractivity contribution in [1.29, 1.82) is 0 Å². The highest BCUT2D eigenvalue weighted by atomic mass is 79.9. The van der Waals surface area contributed by atoms with Gasteiger partial charge in [0.2, 0.25) is 0 Å². The fraction of sp³-hybridized carbons (Fsp3) is 0.417. The highest BCUT2D eigenvalue weighted by molar-refractivity contribution is 8.93. The van der Waals surface area contributed by atoms with Crippen molar-refractivity contribution in [3.8, 4) is 0 Å². The molecule has 0 radical (unpaired) electrons. The van der Waals surface area contributed by atoms with Gasteiger partial charge < -0.3 is 10.0 Å². The van der Waals surface area contributed by atoms with Crippen molar-refractivity contribution in [2.75, 3.05) is 14.1 Å². The van der Waals surface area contributed by atoms with E-state index in [0.29, 0.717) is 0 Å². The summed E-state index contributed by atoms with van der Waals surface area (Å²) in [5.74, 6) is 0. The molecule has 1 fully saturated rings. The normalized spacial score (nSPS) is 31.2. The Balaban J connectivity index is 0.00000120. The number of nitrogens with zero attached hydrogens (tertiary/aromatic N) is 2. The van der Waals surface area contributed by atoms with Crippen LogP contribution in [-0.4, -0.2) is 34.5 Å². The van der Waals surface area contributed by atoms with E-state index in [1.807, 2.05) is 30.1 Å². The number of amidine groups is 1. The molecule has 0 aromatic heterocycles. The highest BCUT2D eigenvalue weighted by Gasteiger charge is 2.55. The second kappa shape index (κ2) is 4.71. The number of thioether (sulfide) groups is 1. The Morgan fingerprint density at radius 1 is 1.56 bits per heavy atom. The van der Waals surface area contributed by atoms with Gasteiger partial charge in [-0.05, 0) is 24.1 Å². The fourth-order valence-corrected chi connectivity index (χ4v) is 4.25. The van der Waals surface area contributed by atoms with Gasteiger partial charge in [0.1, 0.15) is 0 Å². The minimum absolute atomic E-state index is 0. The van der Waals surface area contributed by atoms with Crippen molar-refractivity contribution in [1.82, 2.24) is 4.90 Å². The van der Waals surface area contributed by atoms with E-state index in [1.165, 1.54) is 0 Å². The first-order chi connectivity index (χ1) is 8.07. The van der Waals surface area contributed by atoms with Gasteiger partial charge in [0, 0.05) is 24.7 Å². The number of aliphatic hydroxyl groups is 1. The third-order valence-corrected chi connectivity index (χ3v) is 5.24. The molecule has 0 amide bonds. The molecule has 2 atom stereocenters. The van der Waals surface area contributed by atoms with E-state index in [4.69, 9.17) is 11.6 Å². The maximum atomic E-state index is 10.9. The standard InChI is InChI=1S/C12H13ClN2OS.BrH/c1-14-11-15(2)12(16)9-4-3-8(13)5-7(9)6-10(12)17-11;/h3-5,10,16H,6H2,1-2H3;1H/b14-11-;. The minimum Gasteiger partial charge on any atom is -0.366 e. The lowest BCUT2D eigenvalue weighted by atomic mass is 10.0. The molecule has 1 heterocycles. The van der Waals surface area contributed by atoms with Crippen molar-refractivity contribution in [3.05, 3.63) is 34.3 Å². The van der Waals surface area contributed by atoms with E-state index >= 15 is 0 Å². The molecule has 0 saturated carbocycles. The number of hydrogen-bond acceptors (Lipinski definition) is 3. The average molecular weight is 350 g/mol. The van der Waals surface area contributed by atoms with Crippen LogP contribution in [0.4, 0.5) is 0 Å². The van der Waals surface area contributed by atoms with Gasteiger partial charge in [-0.25, -0.2) is 0 Å². The largest absolute Gasteiger partial charge is 0.366 e. The molecule has 2 aliphatic rings. The quantitative estimate of drug-likeness (QED) is 0.782. The zero-order valence-corrected chi connectivity index (χ0v) is 13.3. The first kappa shape index (κ1) is 14.2. The zero-order chi connectivity index (χ0) is 12.2. The van der Waals surface area contributed by atoms with Crippen LogP contribution in [0, 0.1) is 0 Å². The molecule has 1 aliphatic carbocycles. The molecule has 6 heteroatoms. The summed E-state index contributed by atoms with van der Waals surface area (Å²) in [5.41, 5.74) is 1.17. The van der Waals surface area contributed by atoms with Gasteiger partial charge in [-0.2, -0.15) is 0 Å². The van der Waals surface area contributed by atoms with Gasteiger partial charge in [-0.15, -0.1) is 17.0 Å². The second-order valence-corrected chi connectivity index (χ2v) is 6.01. The molecule has 2 unspecified atom stereocenters. The number of fused-ring (bicyclic) bond motifs is 3. The van der Waals surface area contributed by atoms with Crippen molar-refractivity contribution in [2.45, 2.75) is 17.4 Å². The lowest BCUT2D eigenvalue weighted by molar-refractivity contribution is -0.0496. The lowest BCUT2D eigenvalue weighted by Crippen LogP contribution is -2.44. The Bertz CT molecular complexity index is 525. The molecule has 1 aliphatic heterocycles. The van der Waals surface area contributed by atoms with Crippen molar-refractivity contribution in [3.63, 3.8) is 0 Å². The van der Waals surface area contributed by atoms with Crippen LogP contribution in [0.25, 0.3) is 0 Å². The molecule has 0 spiro atoms. The Morgan fingerprint density at radius 3 is 2.94 bits per heavy atom. The highest BCUT2D eigenvalue weighted by Crippen LogP contribution is 2.51. The van der Waals surface area contributed by atoms with E-state index in [0.717, 1.165) is 27.7 Å². The molecule has 18 heavy (non-hydrogen) atoms. The Hall–Kier alpha value is -0.230. The Morgan fingerprint density at radius 2 is 2.28 bits per heavy atom. The summed E-state index contributed by atoms with van der Waals surface area (Å²) in [6.07, 6.45) is 0.834. The van der Waals surface area contributed by atoms with Crippen LogP contribution in [0.2, 0.25) is 5.02 Å². The average Bonchev–Trinajstić information content (AvgIpc) is 2.70. The van der Waals surface area contributed by atoms with E-state index in [9.17, 15) is 5.11 Å². The van der Waals surface area contributed by atoms with Crippen LogP contribution in [0.5, 0.6) is 0 Å². The van der Waals surface area contributed by atoms with Crippen LogP contribution in [0.15, 0.2) is 23.2 Å². The number of rotatable bonds is 0. The zero-order valence-electron chi connectivity index (χ0n) is 10.1. The minimum atomic E-state index is -0.931. The Labute approximate surface area is 126 Å². The summed E-state index contributed by atoms with van der Waals surface area (Å²) in [5, 5.41) is 12.6. The fourth-order valence-electron chi connectivity index (χ4n) is 2.68. The van der Waals surface area contributed by atoms with Gasteiger partial charge in [0.25, 0.3) is 0 Å². The number of halogens is 2. The van der Waals surface area contributed by atoms with Crippen LogP contribution in [0.1, 0.15) is 11.1 Å². The molecule has 98 valence electrons. The molecule has 3 rings (SSSR count). The topological polar surface area (TPSA) is 35.8 Å². The summed E-state index contributed by atoms with van der Waals surface area (Å²) < 4.78 is 0. The molecule has 3 nitrogen and oxygen atoms in total. The monoisotopic (exact) mass is 348 g/mol. The molecular formula is C12H14BrClN2OS. The third-order valence-electron chi connectivity index (χ3n) is 3.56. The molecular weight excluding hydrogens is 336 g/mol. The molecule has 1 saturated heterocycles. The molecule has 0 bridgehead atoms.